The van der Waals surface area contributed by atoms with Crippen LogP contribution in [0.25, 0.3) is 0 Å². The lowest BCUT2D eigenvalue weighted by atomic mass is 10.2. The summed E-state index contributed by atoms with van der Waals surface area (Å²) in [6, 6.07) is 0.642. The lowest BCUT2D eigenvalue weighted by Crippen LogP contribution is -2.25. The van der Waals surface area contributed by atoms with Crippen molar-refractivity contribution >= 4 is 17.4 Å². The Morgan fingerprint density at radius 3 is 3.29 bits per heavy atom. The van der Waals surface area contributed by atoms with E-state index in [9.17, 15) is 0 Å². The van der Waals surface area contributed by atoms with Crippen LogP contribution in [0.1, 0.15) is 19.8 Å². The topological polar surface area (TPSA) is 29.9 Å². The second kappa shape index (κ2) is 4.73. The fraction of sp³-hybridized carbons (Fsp3) is 0.700. The van der Waals surface area contributed by atoms with Crippen LogP contribution in [-0.4, -0.2) is 27.3 Å². The highest BCUT2D eigenvalue weighted by Gasteiger charge is 2.13. The molecule has 0 saturated carbocycles. The third-order valence-corrected chi connectivity index (χ3v) is 3.70. The average molecular weight is 211 g/mol. The molecule has 0 radical (unpaired) electrons. The van der Waals surface area contributed by atoms with Crippen LogP contribution in [0.5, 0.6) is 0 Å². The summed E-state index contributed by atoms with van der Waals surface area (Å²) < 4.78 is 1.96. The molecule has 2 rings (SSSR count). The Morgan fingerprint density at radius 2 is 2.64 bits per heavy atom. The Balaban J connectivity index is 1.89. The van der Waals surface area contributed by atoms with Crippen molar-refractivity contribution in [3.8, 4) is 0 Å². The summed E-state index contributed by atoms with van der Waals surface area (Å²) in [6.45, 7) is 3.05. The molecule has 0 unspecified atom stereocenters. The van der Waals surface area contributed by atoms with Crippen molar-refractivity contribution in [3.05, 3.63) is 12.4 Å². The molecule has 4 heteroatoms. The van der Waals surface area contributed by atoms with Crippen LogP contribution in [0.3, 0.4) is 0 Å². The van der Waals surface area contributed by atoms with Gasteiger partial charge in [0.15, 0.2) is 0 Å². The molecule has 3 nitrogen and oxygen atoms in total. The third kappa shape index (κ3) is 2.44. The molecule has 1 aliphatic heterocycles. The number of hydrogen-bond donors (Lipinski definition) is 1. The maximum atomic E-state index is 4.25. The van der Waals surface area contributed by atoms with E-state index in [1.54, 1.807) is 0 Å². The zero-order chi connectivity index (χ0) is 9.80. The first-order chi connectivity index (χ1) is 6.88. The minimum atomic E-state index is 0.642. The Morgan fingerprint density at radius 1 is 1.71 bits per heavy atom. The van der Waals surface area contributed by atoms with Crippen LogP contribution in [-0.2, 0) is 6.54 Å². The molecule has 1 aromatic rings. The van der Waals surface area contributed by atoms with Gasteiger partial charge in [-0.05, 0) is 25.5 Å². The molecule has 1 fully saturated rings. The summed E-state index contributed by atoms with van der Waals surface area (Å²) in [5.41, 5.74) is 1.17. The normalized spacial score (nSPS) is 22.2. The van der Waals surface area contributed by atoms with Gasteiger partial charge in [0.05, 0.1) is 11.9 Å². The van der Waals surface area contributed by atoms with Crippen molar-refractivity contribution in [2.75, 3.05) is 16.8 Å². The summed E-state index contributed by atoms with van der Waals surface area (Å²) in [5, 5.41) is 7.78. The van der Waals surface area contributed by atoms with Gasteiger partial charge in [-0.15, -0.1) is 0 Å². The number of hydrogen-bond acceptors (Lipinski definition) is 3. The van der Waals surface area contributed by atoms with E-state index in [-0.39, 0.29) is 0 Å². The monoisotopic (exact) mass is 211 g/mol. The molecule has 78 valence electrons. The van der Waals surface area contributed by atoms with Crippen molar-refractivity contribution in [2.24, 2.45) is 0 Å². The lowest BCUT2D eigenvalue weighted by molar-refractivity contribution is 0.659. The van der Waals surface area contributed by atoms with Crippen molar-refractivity contribution in [3.63, 3.8) is 0 Å². The first-order valence-corrected chi connectivity index (χ1v) is 6.40. The molecule has 1 N–H and O–H groups in total. The van der Waals surface area contributed by atoms with E-state index in [1.807, 2.05) is 22.6 Å². The Labute approximate surface area is 89.3 Å². The average Bonchev–Trinajstić information content (AvgIpc) is 2.67. The molecule has 1 saturated heterocycles. The smallest absolute Gasteiger partial charge is 0.0728 e. The first kappa shape index (κ1) is 9.90. The van der Waals surface area contributed by atoms with E-state index in [2.05, 4.69) is 23.5 Å². The van der Waals surface area contributed by atoms with Crippen LogP contribution in [0.4, 0.5) is 5.69 Å². The van der Waals surface area contributed by atoms with E-state index in [4.69, 9.17) is 0 Å². The minimum absolute atomic E-state index is 0.642. The zero-order valence-electron chi connectivity index (χ0n) is 8.57. The highest BCUT2D eigenvalue weighted by Crippen LogP contribution is 2.20. The largest absolute Gasteiger partial charge is 0.379 e. The Kier molecular flexibility index (Phi) is 3.35. The number of nitrogens with one attached hydrogen (secondary N) is 1. The van der Waals surface area contributed by atoms with E-state index in [1.165, 1.54) is 30.0 Å². The predicted octanol–water partition coefficient (Wildman–Crippen LogP) is 2.21. The Bertz CT molecular complexity index is 279. The van der Waals surface area contributed by atoms with Crippen molar-refractivity contribution in [2.45, 2.75) is 32.4 Å². The minimum Gasteiger partial charge on any atom is -0.379 e. The van der Waals surface area contributed by atoms with Gasteiger partial charge in [-0.25, -0.2) is 0 Å². The zero-order valence-corrected chi connectivity index (χ0v) is 9.39. The van der Waals surface area contributed by atoms with Crippen molar-refractivity contribution in [1.29, 1.82) is 0 Å². The SMILES string of the molecule is CCn1cc(N[C@@H]2CCCSC2)cn1. The third-order valence-electron chi connectivity index (χ3n) is 2.49. The summed E-state index contributed by atoms with van der Waals surface area (Å²) in [4.78, 5) is 0. The molecule has 1 aliphatic rings. The molecule has 0 bridgehead atoms. The number of nitrogens with zero attached hydrogens (tertiary/aromatic N) is 2. The molecular weight excluding hydrogens is 194 g/mol. The fourth-order valence-corrected chi connectivity index (χ4v) is 2.77. The van der Waals surface area contributed by atoms with Crippen LogP contribution in [0, 0.1) is 0 Å². The van der Waals surface area contributed by atoms with E-state index in [0.717, 1.165) is 6.54 Å². The van der Waals surface area contributed by atoms with Gasteiger partial charge in [0, 0.05) is 24.5 Å². The molecule has 1 aromatic heterocycles. The van der Waals surface area contributed by atoms with Crippen LogP contribution < -0.4 is 5.32 Å². The van der Waals surface area contributed by atoms with Gasteiger partial charge in [-0.2, -0.15) is 16.9 Å². The summed E-state index contributed by atoms with van der Waals surface area (Å²) in [7, 11) is 0. The summed E-state index contributed by atoms with van der Waals surface area (Å²) >= 11 is 2.05. The Hall–Kier alpha value is -0.640. The van der Waals surface area contributed by atoms with Crippen molar-refractivity contribution < 1.29 is 0 Å². The maximum absolute atomic E-state index is 4.25. The molecule has 0 amide bonds. The second-order valence-electron chi connectivity index (χ2n) is 3.64. The standard InChI is InChI=1S/C10H17N3S/c1-2-13-7-10(6-11-13)12-9-4-3-5-14-8-9/h6-7,9,12H,2-5,8H2,1H3/t9-/m1/s1. The van der Waals surface area contributed by atoms with Gasteiger partial charge in [-0.3, -0.25) is 4.68 Å². The van der Waals surface area contributed by atoms with Gasteiger partial charge >= 0.3 is 0 Å². The number of thioether (sulfide) groups is 1. The predicted molar refractivity (Wildman–Crippen MR) is 61.9 cm³/mol. The van der Waals surface area contributed by atoms with Gasteiger partial charge < -0.3 is 5.32 Å². The summed E-state index contributed by atoms with van der Waals surface area (Å²) in [5.74, 6) is 2.56. The van der Waals surface area contributed by atoms with Gasteiger partial charge in [0.2, 0.25) is 0 Å². The van der Waals surface area contributed by atoms with Crippen LogP contribution >= 0.6 is 11.8 Å². The number of anilines is 1. The molecule has 0 aliphatic carbocycles. The molecule has 14 heavy (non-hydrogen) atoms. The second-order valence-corrected chi connectivity index (χ2v) is 4.79. The molecule has 0 aromatic carbocycles. The van der Waals surface area contributed by atoms with Crippen LogP contribution in [0.2, 0.25) is 0 Å². The summed E-state index contributed by atoms with van der Waals surface area (Å²) in [6.07, 6.45) is 6.64. The van der Waals surface area contributed by atoms with Gasteiger partial charge in [-0.1, -0.05) is 0 Å². The lowest BCUT2D eigenvalue weighted by Gasteiger charge is -2.22. The van der Waals surface area contributed by atoms with Crippen LogP contribution in [0.15, 0.2) is 12.4 Å². The van der Waals surface area contributed by atoms with E-state index in [0.29, 0.717) is 6.04 Å². The fourth-order valence-electron chi connectivity index (χ4n) is 1.70. The van der Waals surface area contributed by atoms with Gasteiger partial charge in [0.1, 0.15) is 0 Å². The molecule has 1 atom stereocenters. The highest BCUT2D eigenvalue weighted by molar-refractivity contribution is 7.99. The number of aromatic nitrogens is 2. The highest BCUT2D eigenvalue weighted by atomic mass is 32.2. The number of rotatable bonds is 3. The quantitative estimate of drug-likeness (QED) is 0.831. The first-order valence-electron chi connectivity index (χ1n) is 5.25. The maximum Gasteiger partial charge on any atom is 0.0728 e. The number of aryl methyl sites for hydroxylation is 1. The van der Waals surface area contributed by atoms with Crippen molar-refractivity contribution in [1.82, 2.24) is 9.78 Å². The van der Waals surface area contributed by atoms with Gasteiger partial charge in [0.25, 0.3) is 0 Å². The molecule has 0 spiro atoms. The molecular formula is C10H17N3S. The van der Waals surface area contributed by atoms with E-state index >= 15 is 0 Å². The molecule has 2 heterocycles. The van der Waals surface area contributed by atoms with E-state index < -0.39 is 0 Å².